The molecule has 3 rings (SSSR count). The van der Waals surface area contributed by atoms with Crippen LogP contribution in [-0.2, 0) is 20.0 Å². The third-order valence-electron chi connectivity index (χ3n) is 4.10. The van der Waals surface area contributed by atoms with Gasteiger partial charge in [-0.1, -0.05) is 18.2 Å². The molecule has 0 unspecified atom stereocenters. The van der Waals surface area contributed by atoms with Crippen molar-refractivity contribution in [3.05, 3.63) is 57.7 Å². The van der Waals surface area contributed by atoms with Gasteiger partial charge in [-0.2, -0.15) is 5.10 Å². The quantitative estimate of drug-likeness (QED) is 0.723. The van der Waals surface area contributed by atoms with E-state index in [0.717, 1.165) is 16.8 Å². The molecule has 0 bridgehead atoms. The van der Waals surface area contributed by atoms with E-state index in [1.54, 1.807) is 26.1 Å². The highest BCUT2D eigenvalue weighted by molar-refractivity contribution is 5.84. The fourth-order valence-electron chi connectivity index (χ4n) is 2.83. The fourth-order valence-corrected chi connectivity index (χ4v) is 2.83. The van der Waals surface area contributed by atoms with Crippen LogP contribution >= 0.6 is 0 Å². The second-order valence-electron chi connectivity index (χ2n) is 6.02. The number of carbonyl (C=O) groups is 1. The zero-order valence-electron chi connectivity index (χ0n) is 15.0. The van der Waals surface area contributed by atoms with Crippen LogP contribution in [0.4, 0.5) is 4.79 Å². The van der Waals surface area contributed by atoms with E-state index in [1.165, 1.54) is 4.68 Å². The smallest absolute Gasteiger partial charge is 0.315 e. The number of aryl methyl sites for hydroxylation is 3. The van der Waals surface area contributed by atoms with Gasteiger partial charge in [-0.05, 0) is 13.0 Å². The van der Waals surface area contributed by atoms with Gasteiger partial charge >= 0.3 is 6.03 Å². The van der Waals surface area contributed by atoms with Gasteiger partial charge in [0, 0.05) is 32.3 Å². The van der Waals surface area contributed by atoms with E-state index in [1.807, 2.05) is 19.1 Å². The summed E-state index contributed by atoms with van der Waals surface area (Å²) in [4.78, 5) is 28.4. The molecule has 0 aliphatic rings. The van der Waals surface area contributed by atoms with Gasteiger partial charge in [0.05, 0.1) is 23.3 Å². The summed E-state index contributed by atoms with van der Waals surface area (Å²) in [5, 5.41) is 11.1. The Morgan fingerprint density at radius 1 is 1.15 bits per heavy atom. The van der Waals surface area contributed by atoms with Gasteiger partial charge in [-0.3, -0.25) is 4.79 Å². The first-order chi connectivity index (χ1) is 12.5. The lowest BCUT2D eigenvalue weighted by molar-refractivity contribution is 0.240. The zero-order valence-corrected chi connectivity index (χ0v) is 15.0. The number of urea groups is 1. The lowest BCUT2D eigenvalue weighted by atomic mass is 10.1. The van der Waals surface area contributed by atoms with Crippen LogP contribution in [0.3, 0.4) is 0 Å². The summed E-state index contributed by atoms with van der Waals surface area (Å²) in [6, 6.07) is 6.93. The Hall–Kier alpha value is -3.16. The van der Waals surface area contributed by atoms with Crippen LogP contribution in [0.15, 0.2) is 33.5 Å². The van der Waals surface area contributed by atoms with Crippen LogP contribution in [-0.4, -0.2) is 27.3 Å². The summed E-state index contributed by atoms with van der Waals surface area (Å²) >= 11 is 0. The van der Waals surface area contributed by atoms with E-state index in [-0.39, 0.29) is 18.1 Å². The number of carbonyl (C=O) groups excluding carboxylic acids is 1. The monoisotopic (exact) mass is 355 g/mol. The lowest BCUT2D eigenvalue weighted by Gasteiger charge is -2.10. The average molecular weight is 355 g/mol. The first kappa shape index (κ1) is 17.7. The molecule has 2 N–H and O–H groups in total. The van der Waals surface area contributed by atoms with Gasteiger partial charge in [0.2, 0.25) is 0 Å². The molecule has 8 heteroatoms. The third-order valence-corrected chi connectivity index (χ3v) is 4.10. The maximum absolute atomic E-state index is 12.1. The molecule has 1 aromatic carbocycles. The highest BCUT2D eigenvalue weighted by Gasteiger charge is 2.10. The molecule has 0 saturated heterocycles. The molecule has 2 amide bonds. The summed E-state index contributed by atoms with van der Waals surface area (Å²) in [6.45, 7) is 4.32. The number of benzene rings is 1. The van der Waals surface area contributed by atoms with E-state index in [9.17, 15) is 9.59 Å². The molecule has 2 heterocycles. The van der Waals surface area contributed by atoms with E-state index in [4.69, 9.17) is 4.42 Å². The number of fused-ring (bicyclic) bond motifs is 1. The molecule has 0 fully saturated rings. The number of hydrogen-bond donors (Lipinski definition) is 2. The summed E-state index contributed by atoms with van der Waals surface area (Å²) in [5.74, 6) is 1.39. The fraction of sp³-hybridized carbons (Fsp3) is 0.333. The van der Waals surface area contributed by atoms with Crippen LogP contribution in [0.2, 0.25) is 0 Å². The van der Waals surface area contributed by atoms with Crippen molar-refractivity contribution in [3.8, 4) is 0 Å². The Bertz CT molecular complexity index is 1010. The molecular formula is C18H21N5O3. The Morgan fingerprint density at radius 3 is 2.58 bits per heavy atom. The Morgan fingerprint density at radius 2 is 1.88 bits per heavy atom. The molecule has 2 aromatic heterocycles. The van der Waals surface area contributed by atoms with Crippen molar-refractivity contribution in [2.45, 2.75) is 26.8 Å². The molecule has 26 heavy (non-hydrogen) atoms. The van der Waals surface area contributed by atoms with Crippen molar-refractivity contribution >= 4 is 16.8 Å². The van der Waals surface area contributed by atoms with E-state index < -0.39 is 0 Å². The number of nitrogens with one attached hydrogen (secondary N) is 2. The van der Waals surface area contributed by atoms with Crippen molar-refractivity contribution in [1.29, 1.82) is 0 Å². The van der Waals surface area contributed by atoms with Crippen molar-refractivity contribution in [2.75, 3.05) is 6.54 Å². The summed E-state index contributed by atoms with van der Waals surface area (Å²) in [5.41, 5.74) is 1.32. The van der Waals surface area contributed by atoms with Gasteiger partial charge in [0.1, 0.15) is 5.76 Å². The third kappa shape index (κ3) is 3.74. The molecular weight excluding hydrogens is 334 g/mol. The van der Waals surface area contributed by atoms with Crippen LogP contribution in [0.1, 0.15) is 23.0 Å². The number of hydrogen-bond acceptors (Lipinski definition) is 5. The SMILES string of the molecule is Cc1nc(CCNC(=O)NCc2nn(C)c(=O)c3ccccc23)c(C)o1. The Balaban J connectivity index is 1.60. The van der Waals surface area contributed by atoms with E-state index in [0.29, 0.717) is 29.9 Å². The minimum atomic E-state index is -0.303. The molecule has 0 aliphatic heterocycles. The Labute approximate surface area is 150 Å². The van der Waals surface area contributed by atoms with Crippen LogP contribution < -0.4 is 16.2 Å². The summed E-state index contributed by atoms with van der Waals surface area (Å²) in [6.07, 6.45) is 0.595. The number of oxazole rings is 1. The minimum absolute atomic E-state index is 0.160. The summed E-state index contributed by atoms with van der Waals surface area (Å²) in [7, 11) is 1.60. The van der Waals surface area contributed by atoms with Crippen LogP contribution in [0.25, 0.3) is 10.8 Å². The molecule has 0 radical (unpaired) electrons. The molecule has 3 aromatic rings. The van der Waals surface area contributed by atoms with Crippen LogP contribution in [0, 0.1) is 13.8 Å². The predicted octanol–water partition coefficient (Wildman–Crippen LogP) is 1.58. The van der Waals surface area contributed by atoms with Gasteiger partial charge in [0.25, 0.3) is 5.56 Å². The van der Waals surface area contributed by atoms with Gasteiger partial charge < -0.3 is 15.1 Å². The highest BCUT2D eigenvalue weighted by Crippen LogP contribution is 2.12. The van der Waals surface area contributed by atoms with Gasteiger partial charge in [0.15, 0.2) is 5.89 Å². The molecule has 0 spiro atoms. The first-order valence-corrected chi connectivity index (χ1v) is 8.35. The predicted molar refractivity (Wildman–Crippen MR) is 96.9 cm³/mol. The van der Waals surface area contributed by atoms with Crippen molar-refractivity contribution in [1.82, 2.24) is 25.4 Å². The van der Waals surface area contributed by atoms with Gasteiger partial charge in [-0.15, -0.1) is 0 Å². The molecule has 0 atom stereocenters. The number of amides is 2. The second kappa shape index (κ2) is 7.38. The minimum Gasteiger partial charge on any atom is -0.446 e. The number of nitrogens with zero attached hydrogens (tertiary/aromatic N) is 3. The van der Waals surface area contributed by atoms with Crippen molar-refractivity contribution in [3.63, 3.8) is 0 Å². The Kier molecular flexibility index (Phi) is 5.01. The molecule has 0 saturated carbocycles. The van der Waals surface area contributed by atoms with Crippen LogP contribution in [0.5, 0.6) is 0 Å². The van der Waals surface area contributed by atoms with Crippen molar-refractivity contribution in [2.24, 2.45) is 7.05 Å². The van der Waals surface area contributed by atoms with Crippen molar-refractivity contribution < 1.29 is 9.21 Å². The molecule has 136 valence electrons. The van der Waals surface area contributed by atoms with E-state index >= 15 is 0 Å². The number of aromatic nitrogens is 3. The lowest BCUT2D eigenvalue weighted by Crippen LogP contribution is -2.37. The molecule has 0 aliphatic carbocycles. The maximum Gasteiger partial charge on any atom is 0.315 e. The van der Waals surface area contributed by atoms with Gasteiger partial charge in [-0.25, -0.2) is 14.5 Å². The second-order valence-corrected chi connectivity index (χ2v) is 6.02. The zero-order chi connectivity index (χ0) is 18.7. The van der Waals surface area contributed by atoms with E-state index in [2.05, 4.69) is 20.7 Å². The first-order valence-electron chi connectivity index (χ1n) is 8.35. The highest BCUT2D eigenvalue weighted by atomic mass is 16.4. The number of rotatable bonds is 5. The topological polar surface area (TPSA) is 102 Å². The molecule has 8 nitrogen and oxygen atoms in total. The standard InChI is InChI=1S/C18H21N5O3/c1-11-15(21-12(2)26-11)8-9-19-18(25)20-10-16-13-6-4-5-7-14(13)17(24)23(3)22-16/h4-7H,8-10H2,1-3H3,(H2,19,20,25). The normalized spacial score (nSPS) is 10.9. The average Bonchev–Trinajstić information content (AvgIpc) is 2.94. The maximum atomic E-state index is 12.1. The summed E-state index contributed by atoms with van der Waals surface area (Å²) < 4.78 is 6.65. The largest absolute Gasteiger partial charge is 0.446 e.